The van der Waals surface area contributed by atoms with Crippen LogP contribution in [0.25, 0.3) is 16.2 Å². The molecule has 0 fully saturated rings. The van der Waals surface area contributed by atoms with Gasteiger partial charge in [-0.05, 0) is 48.3 Å². The van der Waals surface area contributed by atoms with Gasteiger partial charge in [0.25, 0.3) is 5.91 Å². The Kier molecular flexibility index (Phi) is 6.29. The number of hydrogen-bond acceptors (Lipinski definition) is 7. The van der Waals surface area contributed by atoms with Crippen LogP contribution >= 0.6 is 34.3 Å². The number of aromatic nitrogens is 3. The lowest BCUT2D eigenvalue weighted by atomic mass is 9.88. The van der Waals surface area contributed by atoms with Gasteiger partial charge in [-0.2, -0.15) is 18.3 Å². The van der Waals surface area contributed by atoms with Crippen molar-refractivity contribution in [2.75, 3.05) is 12.4 Å². The summed E-state index contributed by atoms with van der Waals surface area (Å²) in [6.45, 7) is 2.10. The van der Waals surface area contributed by atoms with Crippen LogP contribution in [0.2, 0.25) is 5.02 Å². The molecule has 36 heavy (non-hydrogen) atoms. The molecule has 5 rings (SSSR count). The first-order valence-corrected chi connectivity index (χ1v) is 12.9. The average molecular weight is 555 g/mol. The van der Waals surface area contributed by atoms with Crippen molar-refractivity contribution in [2.45, 2.75) is 32.4 Å². The van der Waals surface area contributed by atoms with E-state index >= 15 is 0 Å². The van der Waals surface area contributed by atoms with Gasteiger partial charge < -0.3 is 10.1 Å². The molecule has 1 aliphatic carbocycles. The normalized spacial score (nSPS) is 15.7. The largest absolute Gasteiger partial charge is 0.465 e. The van der Waals surface area contributed by atoms with Crippen LogP contribution in [0.4, 0.5) is 18.2 Å². The van der Waals surface area contributed by atoms with E-state index in [0.717, 1.165) is 29.3 Å². The molecular weight excluding hydrogens is 537 g/mol. The van der Waals surface area contributed by atoms with E-state index in [1.165, 1.54) is 29.8 Å². The number of hydrogen-bond donors (Lipinski definition) is 1. The summed E-state index contributed by atoms with van der Waals surface area (Å²) in [5, 5.41) is 8.13. The number of methoxy groups -OCH3 is 1. The highest BCUT2D eigenvalue weighted by molar-refractivity contribution is 7.17. The first-order chi connectivity index (χ1) is 17.1. The SMILES string of the molecule is COC(=O)c1c(NC(=O)c2nn3c(C(F)(F)F)cc(-c4cccs4)nc3c2Cl)sc2c1CC[C@H](C)C2. The van der Waals surface area contributed by atoms with Crippen LogP contribution in [-0.2, 0) is 23.8 Å². The molecule has 1 aliphatic rings. The third kappa shape index (κ3) is 4.27. The Hall–Kier alpha value is -2.96. The van der Waals surface area contributed by atoms with Gasteiger partial charge in [0.1, 0.15) is 10.0 Å². The van der Waals surface area contributed by atoms with Gasteiger partial charge in [0.2, 0.25) is 0 Å². The van der Waals surface area contributed by atoms with Gasteiger partial charge >= 0.3 is 12.1 Å². The molecule has 0 unspecified atom stereocenters. The molecule has 0 saturated carbocycles. The molecule has 7 nitrogen and oxygen atoms in total. The number of anilines is 1. The fraction of sp³-hybridized carbons (Fsp3) is 0.304. The fourth-order valence-electron chi connectivity index (χ4n) is 4.21. The Morgan fingerprint density at radius 2 is 2.11 bits per heavy atom. The number of nitrogens with zero attached hydrogens (tertiary/aromatic N) is 3. The summed E-state index contributed by atoms with van der Waals surface area (Å²) in [7, 11) is 1.25. The van der Waals surface area contributed by atoms with E-state index in [1.54, 1.807) is 17.5 Å². The number of ether oxygens (including phenoxy) is 1. The standard InChI is InChI=1S/C23H18ClF3N4O3S2/c1-10-5-6-11-14(8-10)36-21(16(11)22(33)34-2)29-20(32)18-17(24)19-28-12(13-4-3-7-35-13)9-15(23(25,26)27)31(19)30-18/h3-4,7,9-10H,5-6,8H2,1-2H3,(H,29,32)/t10-/m0/s1. The summed E-state index contributed by atoms with van der Waals surface area (Å²) < 4.78 is 47.1. The van der Waals surface area contributed by atoms with Gasteiger partial charge in [0, 0.05) is 4.88 Å². The highest BCUT2D eigenvalue weighted by Gasteiger charge is 2.37. The molecule has 0 spiro atoms. The van der Waals surface area contributed by atoms with Crippen molar-refractivity contribution >= 4 is 56.8 Å². The molecule has 4 aromatic heterocycles. The molecule has 1 atom stereocenters. The lowest BCUT2D eigenvalue weighted by molar-refractivity contribution is -0.142. The number of carbonyl (C=O) groups is 2. The van der Waals surface area contributed by atoms with E-state index in [-0.39, 0.29) is 26.9 Å². The Morgan fingerprint density at radius 3 is 2.78 bits per heavy atom. The third-order valence-electron chi connectivity index (χ3n) is 5.94. The van der Waals surface area contributed by atoms with Crippen molar-refractivity contribution in [3.63, 3.8) is 0 Å². The predicted molar refractivity (Wildman–Crippen MR) is 131 cm³/mol. The van der Waals surface area contributed by atoms with Gasteiger partial charge in [-0.25, -0.2) is 14.3 Å². The molecule has 0 saturated heterocycles. The molecule has 1 N–H and O–H groups in total. The van der Waals surface area contributed by atoms with Crippen molar-refractivity contribution in [1.29, 1.82) is 0 Å². The van der Waals surface area contributed by atoms with Crippen LogP contribution in [0.5, 0.6) is 0 Å². The zero-order chi connectivity index (χ0) is 25.8. The van der Waals surface area contributed by atoms with E-state index in [1.807, 2.05) is 0 Å². The smallest absolute Gasteiger partial charge is 0.433 e. The lowest BCUT2D eigenvalue weighted by Gasteiger charge is -2.18. The number of fused-ring (bicyclic) bond motifs is 2. The van der Waals surface area contributed by atoms with E-state index < -0.39 is 29.4 Å². The number of amides is 1. The van der Waals surface area contributed by atoms with Crippen LogP contribution in [0, 0.1) is 5.92 Å². The maximum Gasteiger partial charge on any atom is 0.433 e. The van der Waals surface area contributed by atoms with Crippen LogP contribution in [0.1, 0.15) is 50.3 Å². The fourth-order valence-corrected chi connectivity index (χ4v) is 6.53. The third-order valence-corrected chi connectivity index (χ3v) is 8.35. The molecule has 1 amide bonds. The quantitative estimate of drug-likeness (QED) is 0.297. The maximum atomic E-state index is 13.9. The van der Waals surface area contributed by atoms with Gasteiger partial charge in [0.05, 0.1) is 23.2 Å². The number of halogens is 4. The van der Waals surface area contributed by atoms with Crippen molar-refractivity contribution in [1.82, 2.24) is 14.6 Å². The first-order valence-electron chi connectivity index (χ1n) is 10.8. The molecule has 0 radical (unpaired) electrons. The Balaban J connectivity index is 1.59. The van der Waals surface area contributed by atoms with Crippen LogP contribution < -0.4 is 5.32 Å². The number of rotatable bonds is 4. The molecule has 4 aromatic rings. The maximum absolute atomic E-state index is 13.9. The minimum Gasteiger partial charge on any atom is -0.465 e. The Labute approximate surface area is 215 Å². The first kappa shape index (κ1) is 24.7. The van der Waals surface area contributed by atoms with E-state index in [9.17, 15) is 22.8 Å². The van der Waals surface area contributed by atoms with E-state index in [0.29, 0.717) is 21.7 Å². The average Bonchev–Trinajstić information content (AvgIpc) is 3.55. The van der Waals surface area contributed by atoms with Crippen LogP contribution in [0.3, 0.4) is 0 Å². The second kappa shape index (κ2) is 9.16. The highest BCUT2D eigenvalue weighted by Crippen LogP contribution is 2.41. The number of alkyl halides is 3. The predicted octanol–water partition coefficient (Wildman–Crippen LogP) is 6.36. The molecule has 0 bridgehead atoms. The van der Waals surface area contributed by atoms with Crippen molar-refractivity contribution < 1.29 is 27.5 Å². The molecule has 188 valence electrons. The number of carbonyl (C=O) groups excluding carboxylic acids is 2. The molecule has 0 aliphatic heterocycles. The van der Waals surface area contributed by atoms with Gasteiger partial charge in [-0.3, -0.25) is 4.79 Å². The summed E-state index contributed by atoms with van der Waals surface area (Å²) >= 11 is 8.83. The second-order valence-corrected chi connectivity index (χ2v) is 10.8. The number of nitrogens with one attached hydrogen (secondary N) is 1. The molecule has 13 heteroatoms. The van der Waals surface area contributed by atoms with Crippen molar-refractivity contribution in [2.24, 2.45) is 5.92 Å². The molecular formula is C23H18ClF3N4O3S2. The van der Waals surface area contributed by atoms with E-state index in [4.69, 9.17) is 16.3 Å². The molecule has 4 heterocycles. The minimum atomic E-state index is -4.78. The van der Waals surface area contributed by atoms with Gasteiger partial charge in [-0.1, -0.05) is 24.6 Å². The topological polar surface area (TPSA) is 85.6 Å². The minimum absolute atomic E-state index is 0.0617. The summed E-state index contributed by atoms with van der Waals surface area (Å²) in [6.07, 6.45) is -2.48. The summed E-state index contributed by atoms with van der Waals surface area (Å²) in [4.78, 5) is 31.4. The summed E-state index contributed by atoms with van der Waals surface area (Å²) in [5.74, 6) is -1.03. The molecule has 0 aromatic carbocycles. The Morgan fingerprint density at radius 1 is 1.33 bits per heavy atom. The van der Waals surface area contributed by atoms with Crippen molar-refractivity contribution in [3.05, 3.63) is 56.0 Å². The number of esters is 1. The van der Waals surface area contributed by atoms with Crippen LogP contribution in [-0.4, -0.2) is 33.6 Å². The van der Waals surface area contributed by atoms with Gasteiger partial charge in [0.15, 0.2) is 17.0 Å². The zero-order valence-corrected chi connectivity index (χ0v) is 21.3. The number of thiophene rings is 2. The van der Waals surface area contributed by atoms with Gasteiger partial charge in [-0.15, -0.1) is 22.7 Å². The second-order valence-electron chi connectivity index (χ2n) is 8.40. The van der Waals surface area contributed by atoms with E-state index in [2.05, 4.69) is 22.3 Å². The highest BCUT2D eigenvalue weighted by atomic mass is 35.5. The monoisotopic (exact) mass is 554 g/mol. The Bertz CT molecular complexity index is 1490. The summed E-state index contributed by atoms with van der Waals surface area (Å²) in [5.41, 5.74) is -0.713. The summed E-state index contributed by atoms with van der Waals surface area (Å²) in [6, 6.07) is 4.19. The van der Waals surface area contributed by atoms with Crippen molar-refractivity contribution in [3.8, 4) is 10.6 Å². The lowest BCUT2D eigenvalue weighted by Crippen LogP contribution is -2.17. The van der Waals surface area contributed by atoms with Crippen LogP contribution in [0.15, 0.2) is 23.6 Å². The zero-order valence-electron chi connectivity index (χ0n) is 18.9.